The number of benzene rings is 1. The van der Waals surface area contributed by atoms with Gasteiger partial charge in [0.1, 0.15) is 11.5 Å². The molecule has 0 aliphatic heterocycles. The Kier molecular flexibility index (Phi) is 4.22. The van der Waals surface area contributed by atoms with Crippen molar-refractivity contribution in [1.82, 2.24) is 0 Å². The molecule has 0 heterocycles. The van der Waals surface area contributed by atoms with E-state index in [2.05, 4.69) is 39.0 Å². The van der Waals surface area contributed by atoms with Gasteiger partial charge in [0.15, 0.2) is 0 Å². The molecule has 0 spiro atoms. The van der Waals surface area contributed by atoms with E-state index in [-0.39, 0.29) is 5.41 Å². The Labute approximate surface area is 122 Å². The summed E-state index contributed by atoms with van der Waals surface area (Å²) in [6.45, 7) is 6.82. The lowest BCUT2D eigenvalue weighted by Gasteiger charge is -2.32. The van der Waals surface area contributed by atoms with Gasteiger partial charge in [0.25, 0.3) is 0 Å². The van der Waals surface area contributed by atoms with Gasteiger partial charge in [-0.25, -0.2) is 0 Å². The first-order valence-electron chi connectivity index (χ1n) is 7.09. The molecule has 20 heavy (non-hydrogen) atoms. The first-order valence-corrected chi connectivity index (χ1v) is 7.09. The highest BCUT2D eigenvalue weighted by atomic mass is 16.5. The van der Waals surface area contributed by atoms with Gasteiger partial charge in [0.05, 0.1) is 14.2 Å². The summed E-state index contributed by atoms with van der Waals surface area (Å²) in [4.78, 5) is 0. The molecule has 0 unspecified atom stereocenters. The normalized spacial score (nSPS) is 19.6. The van der Waals surface area contributed by atoms with Gasteiger partial charge in [0, 0.05) is 11.6 Å². The first-order chi connectivity index (χ1) is 9.47. The second kappa shape index (κ2) is 5.74. The Morgan fingerprint density at radius 2 is 1.90 bits per heavy atom. The lowest BCUT2D eigenvalue weighted by atomic mass is 9.72. The fraction of sp³-hybridized carbons (Fsp3) is 0.444. The molecule has 0 radical (unpaired) electrons. The highest BCUT2D eigenvalue weighted by Gasteiger charge is 2.27. The first kappa shape index (κ1) is 14.7. The second-order valence-corrected chi connectivity index (χ2v) is 5.98. The van der Waals surface area contributed by atoms with E-state index < -0.39 is 0 Å². The Balaban J connectivity index is 2.48. The lowest BCUT2D eigenvalue weighted by molar-refractivity contribution is 0.393. The minimum absolute atomic E-state index is 0.212. The SMILES string of the molecule is COc1ccc(/C=C2\C(C)=CCCC2(C)C)c(OC)c1. The highest BCUT2D eigenvalue weighted by molar-refractivity contribution is 5.66. The molecule has 1 aromatic rings. The molecule has 0 amide bonds. The third-order valence-corrected chi connectivity index (χ3v) is 4.11. The topological polar surface area (TPSA) is 18.5 Å². The van der Waals surface area contributed by atoms with E-state index in [4.69, 9.17) is 9.47 Å². The smallest absolute Gasteiger partial charge is 0.129 e. The zero-order chi connectivity index (χ0) is 14.8. The average molecular weight is 272 g/mol. The maximum atomic E-state index is 5.49. The predicted molar refractivity (Wildman–Crippen MR) is 84.3 cm³/mol. The molecule has 0 saturated heterocycles. The van der Waals surface area contributed by atoms with Crippen molar-refractivity contribution < 1.29 is 9.47 Å². The average Bonchev–Trinajstić information content (AvgIpc) is 2.42. The summed E-state index contributed by atoms with van der Waals surface area (Å²) in [5, 5.41) is 0. The van der Waals surface area contributed by atoms with Crippen LogP contribution in [-0.4, -0.2) is 14.2 Å². The van der Waals surface area contributed by atoms with Crippen LogP contribution < -0.4 is 9.47 Å². The maximum Gasteiger partial charge on any atom is 0.129 e. The number of allylic oxidation sites excluding steroid dienone is 3. The fourth-order valence-corrected chi connectivity index (χ4v) is 2.83. The number of hydrogen-bond donors (Lipinski definition) is 0. The van der Waals surface area contributed by atoms with E-state index in [1.165, 1.54) is 17.6 Å². The molecular weight excluding hydrogens is 248 g/mol. The van der Waals surface area contributed by atoms with E-state index in [1.54, 1.807) is 14.2 Å². The van der Waals surface area contributed by atoms with Gasteiger partial charge in [-0.2, -0.15) is 0 Å². The molecule has 1 aromatic carbocycles. The van der Waals surface area contributed by atoms with Gasteiger partial charge in [-0.15, -0.1) is 0 Å². The number of methoxy groups -OCH3 is 2. The van der Waals surface area contributed by atoms with Crippen molar-refractivity contribution in [3.8, 4) is 11.5 Å². The molecule has 0 aromatic heterocycles. The fourth-order valence-electron chi connectivity index (χ4n) is 2.83. The molecule has 0 saturated carbocycles. The van der Waals surface area contributed by atoms with E-state index >= 15 is 0 Å². The number of hydrogen-bond acceptors (Lipinski definition) is 2. The summed E-state index contributed by atoms with van der Waals surface area (Å²) in [5.41, 5.74) is 4.08. The van der Waals surface area contributed by atoms with Gasteiger partial charge < -0.3 is 9.47 Å². The molecule has 2 heteroatoms. The summed E-state index contributed by atoms with van der Waals surface area (Å²) in [6, 6.07) is 5.97. The van der Waals surface area contributed by atoms with Crippen LogP contribution in [0.5, 0.6) is 11.5 Å². The highest BCUT2D eigenvalue weighted by Crippen LogP contribution is 2.42. The number of ether oxygens (including phenoxy) is 2. The van der Waals surface area contributed by atoms with Crippen LogP contribution in [-0.2, 0) is 0 Å². The molecule has 2 rings (SSSR count). The summed E-state index contributed by atoms with van der Waals surface area (Å²) in [6.07, 6.45) is 6.93. The summed E-state index contributed by atoms with van der Waals surface area (Å²) in [7, 11) is 3.37. The largest absolute Gasteiger partial charge is 0.497 e. The van der Waals surface area contributed by atoms with E-state index in [0.717, 1.165) is 23.5 Å². The third-order valence-electron chi connectivity index (χ3n) is 4.11. The molecule has 1 aliphatic rings. The van der Waals surface area contributed by atoms with Gasteiger partial charge in [-0.3, -0.25) is 0 Å². The van der Waals surface area contributed by atoms with Gasteiger partial charge in [-0.05, 0) is 49.0 Å². The van der Waals surface area contributed by atoms with Crippen molar-refractivity contribution in [2.45, 2.75) is 33.6 Å². The van der Waals surface area contributed by atoms with Crippen LogP contribution in [0.15, 0.2) is 35.4 Å². The Morgan fingerprint density at radius 1 is 1.15 bits per heavy atom. The molecular formula is C18H24O2. The molecule has 1 aliphatic carbocycles. The molecule has 0 bridgehead atoms. The van der Waals surface area contributed by atoms with Crippen LogP contribution in [0.1, 0.15) is 39.2 Å². The predicted octanol–water partition coefficient (Wildman–Crippen LogP) is 4.85. The zero-order valence-corrected chi connectivity index (χ0v) is 13.1. The molecule has 0 atom stereocenters. The number of rotatable bonds is 3. The van der Waals surface area contributed by atoms with Crippen LogP contribution in [0.2, 0.25) is 0 Å². The van der Waals surface area contributed by atoms with Crippen LogP contribution in [0.25, 0.3) is 6.08 Å². The van der Waals surface area contributed by atoms with Crippen molar-refractivity contribution >= 4 is 6.08 Å². The second-order valence-electron chi connectivity index (χ2n) is 5.98. The van der Waals surface area contributed by atoms with Gasteiger partial charge in [0.2, 0.25) is 0 Å². The maximum absolute atomic E-state index is 5.49. The third kappa shape index (κ3) is 2.90. The van der Waals surface area contributed by atoms with Crippen LogP contribution >= 0.6 is 0 Å². The standard InChI is InChI=1S/C18H24O2/c1-13-7-6-10-18(2,3)16(13)11-14-8-9-15(19-4)12-17(14)20-5/h7-9,11-12H,6,10H2,1-5H3/b16-11+. The van der Waals surface area contributed by atoms with Crippen LogP contribution in [0, 0.1) is 5.41 Å². The quantitative estimate of drug-likeness (QED) is 0.782. The Bertz CT molecular complexity index is 551. The monoisotopic (exact) mass is 272 g/mol. The van der Waals surface area contributed by atoms with Crippen molar-refractivity contribution in [3.63, 3.8) is 0 Å². The lowest BCUT2D eigenvalue weighted by Crippen LogP contribution is -2.18. The van der Waals surface area contributed by atoms with Crippen molar-refractivity contribution in [2.24, 2.45) is 5.41 Å². The molecule has 0 N–H and O–H groups in total. The Morgan fingerprint density at radius 3 is 2.50 bits per heavy atom. The minimum Gasteiger partial charge on any atom is -0.497 e. The Hall–Kier alpha value is -1.70. The molecule has 2 nitrogen and oxygen atoms in total. The molecule has 0 fully saturated rings. The van der Waals surface area contributed by atoms with Crippen LogP contribution in [0.4, 0.5) is 0 Å². The minimum atomic E-state index is 0.212. The summed E-state index contributed by atoms with van der Waals surface area (Å²) in [5.74, 6) is 1.67. The van der Waals surface area contributed by atoms with Gasteiger partial charge in [-0.1, -0.05) is 25.5 Å². The van der Waals surface area contributed by atoms with Crippen molar-refractivity contribution in [2.75, 3.05) is 14.2 Å². The van der Waals surface area contributed by atoms with Crippen LogP contribution in [0.3, 0.4) is 0 Å². The summed E-state index contributed by atoms with van der Waals surface area (Å²) < 4.78 is 10.7. The van der Waals surface area contributed by atoms with Crippen molar-refractivity contribution in [3.05, 3.63) is 41.0 Å². The van der Waals surface area contributed by atoms with Crippen molar-refractivity contribution in [1.29, 1.82) is 0 Å². The summed E-state index contributed by atoms with van der Waals surface area (Å²) >= 11 is 0. The zero-order valence-electron chi connectivity index (χ0n) is 13.1. The molecule has 108 valence electrons. The van der Waals surface area contributed by atoms with E-state index in [9.17, 15) is 0 Å². The van der Waals surface area contributed by atoms with Gasteiger partial charge >= 0.3 is 0 Å². The van der Waals surface area contributed by atoms with E-state index in [0.29, 0.717) is 0 Å². The van der Waals surface area contributed by atoms with E-state index in [1.807, 2.05) is 12.1 Å².